The molecule has 1 aliphatic heterocycles. The molecule has 0 saturated carbocycles. The second kappa shape index (κ2) is 6.77. The van der Waals surface area contributed by atoms with E-state index in [1.807, 2.05) is 24.3 Å². The smallest absolute Gasteiger partial charge is 0.269 e. The lowest BCUT2D eigenvalue weighted by molar-refractivity contribution is 0.0822. The van der Waals surface area contributed by atoms with Gasteiger partial charge in [0.05, 0.1) is 0 Å². The first-order chi connectivity index (χ1) is 11.0. The third kappa shape index (κ3) is 3.59. The van der Waals surface area contributed by atoms with Gasteiger partial charge in [-0.15, -0.1) is 0 Å². The Morgan fingerprint density at radius 1 is 1.35 bits per heavy atom. The van der Waals surface area contributed by atoms with Crippen LogP contribution < -0.4 is 0 Å². The molecule has 0 radical (unpaired) electrons. The van der Waals surface area contributed by atoms with Crippen molar-refractivity contribution in [3.05, 3.63) is 58.4 Å². The molecule has 1 fully saturated rings. The molecular formula is C18H22ClN3O. The fourth-order valence-electron chi connectivity index (χ4n) is 3.22. The van der Waals surface area contributed by atoms with Crippen molar-refractivity contribution in [3.8, 4) is 0 Å². The number of nitrogens with zero attached hydrogens (tertiary/aromatic N) is 2. The summed E-state index contributed by atoms with van der Waals surface area (Å²) >= 11 is 6.13. The minimum Gasteiger partial charge on any atom is -0.353 e. The number of H-pyrrole nitrogens is 1. The molecule has 2 heterocycles. The fraction of sp³-hybridized carbons (Fsp3) is 0.389. The summed E-state index contributed by atoms with van der Waals surface area (Å²) in [5.41, 5.74) is 2.98. The number of hydrogen-bond acceptors (Lipinski definition) is 2. The minimum atomic E-state index is 0.00376. The van der Waals surface area contributed by atoms with Crippen LogP contribution >= 0.6 is 11.6 Å². The summed E-state index contributed by atoms with van der Waals surface area (Å²) in [6, 6.07) is 12.4. The van der Waals surface area contributed by atoms with Gasteiger partial charge >= 0.3 is 0 Å². The van der Waals surface area contributed by atoms with Gasteiger partial charge in [0.15, 0.2) is 0 Å². The summed E-state index contributed by atoms with van der Waals surface area (Å²) in [6.45, 7) is 1.88. The highest BCUT2D eigenvalue weighted by Gasteiger charge is 2.26. The van der Waals surface area contributed by atoms with Crippen LogP contribution in [-0.2, 0) is 6.54 Å². The van der Waals surface area contributed by atoms with Crippen LogP contribution in [0.15, 0.2) is 36.4 Å². The number of aromatic nitrogens is 1. The van der Waals surface area contributed by atoms with Crippen molar-refractivity contribution < 1.29 is 4.79 Å². The first-order valence-corrected chi connectivity index (χ1v) is 8.31. The Bertz CT molecular complexity index is 695. The molecule has 4 nitrogen and oxygen atoms in total. The van der Waals surface area contributed by atoms with Gasteiger partial charge in [-0.1, -0.05) is 23.7 Å². The zero-order chi connectivity index (χ0) is 16.4. The predicted molar refractivity (Wildman–Crippen MR) is 92.6 cm³/mol. The molecular weight excluding hydrogens is 310 g/mol. The molecule has 0 bridgehead atoms. The molecule has 3 rings (SSSR count). The number of amides is 1. The Morgan fingerprint density at radius 3 is 2.91 bits per heavy atom. The van der Waals surface area contributed by atoms with Gasteiger partial charge in [-0.2, -0.15) is 0 Å². The Balaban J connectivity index is 1.73. The normalized spacial score (nSPS) is 18.3. The summed E-state index contributed by atoms with van der Waals surface area (Å²) in [5, 5.41) is 0.785. The standard InChI is InChI=1S/C18H22ClN3O/c1-21(2)18(23)16-9-8-15(20-16)12-22-10-4-7-17(22)13-5-3-6-14(19)11-13/h3,5-6,8-9,11,17,20H,4,7,10,12H2,1-2H3. The monoisotopic (exact) mass is 331 g/mol. The molecule has 23 heavy (non-hydrogen) atoms. The lowest BCUT2D eigenvalue weighted by Crippen LogP contribution is -2.24. The van der Waals surface area contributed by atoms with Gasteiger partial charge in [0, 0.05) is 37.4 Å². The summed E-state index contributed by atoms with van der Waals surface area (Å²) in [7, 11) is 3.52. The van der Waals surface area contributed by atoms with Crippen LogP contribution in [0, 0.1) is 0 Å². The van der Waals surface area contributed by atoms with Crippen molar-refractivity contribution >= 4 is 17.5 Å². The molecule has 1 unspecified atom stereocenters. The Morgan fingerprint density at radius 2 is 2.17 bits per heavy atom. The van der Waals surface area contributed by atoms with Crippen molar-refractivity contribution in [2.75, 3.05) is 20.6 Å². The van der Waals surface area contributed by atoms with Crippen LogP contribution in [0.2, 0.25) is 5.02 Å². The SMILES string of the molecule is CN(C)C(=O)c1ccc(CN2CCCC2c2cccc(Cl)c2)[nH]1. The van der Waals surface area contributed by atoms with Crippen LogP contribution in [0.5, 0.6) is 0 Å². The Hall–Kier alpha value is -1.78. The minimum absolute atomic E-state index is 0.00376. The van der Waals surface area contributed by atoms with Gasteiger partial charge in [0.1, 0.15) is 5.69 Å². The molecule has 0 aliphatic carbocycles. The summed E-state index contributed by atoms with van der Waals surface area (Å²) in [5.74, 6) is 0.00376. The lowest BCUT2D eigenvalue weighted by Gasteiger charge is -2.24. The van der Waals surface area contributed by atoms with E-state index < -0.39 is 0 Å². The summed E-state index contributed by atoms with van der Waals surface area (Å²) < 4.78 is 0. The van der Waals surface area contributed by atoms with Crippen LogP contribution in [0.1, 0.15) is 40.6 Å². The molecule has 1 saturated heterocycles. The molecule has 1 atom stereocenters. The number of hydrogen-bond donors (Lipinski definition) is 1. The van der Waals surface area contributed by atoms with Crippen molar-refractivity contribution in [1.82, 2.24) is 14.8 Å². The van der Waals surface area contributed by atoms with E-state index >= 15 is 0 Å². The van der Waals surface area contributed by atoms with E-state index in [1.54, 1.807) is 19.0 Å². The number of likely N-dealkylation sites (tertiary alicyclic amines) is 1. The number of aromatic amines is 1. The average molecular weight is 332 g/mol. The van der Waals surface area contributed by atoms with Crippen molar-refractivity contribution in [2.45, 2.75) is 25.4 Å². The Kier molecular flexibility index (Phi) is 4.74. The number of rotatable bonds is 4. The topological polar surface area (TPSA) is 39.3 Å². The first-order valence-electron chi connectivity index (χ1n) is 7.93. The predicted octanol–water partition coefficient (Wildman–Crippen LogP) is 3.71. The molecule has 2 aromatic rings. The van der Waals surface area contributed by atoms with Gasteiger partial charge in [-0.3, -0.25) is 9.69 Å². The number of benzene rings is 1. The molecule has 1 aliphatic rings. The molecule has 1 amide bonds. The summed E-state index contributed by atoms with van der Waals surface area (Å²) in [6.07, 6.45) is 2.33. The maximum Gasteiger partial charge on any atom is 0.269 e. The quantitative estimate of drug-likeness (QED) is 0.927. The first kappa shape index (κ1) is 16.1. The molecule has 5 heteroatoms. The van der Waals surface area contributed by atoms with Crippen molar-refractivity contribution in [3.63, 3.8) is 0 Å². The maximum absolute atomic E-state index is 12.0. The number of halogens is 1. The van der Waals surface area contributed by atoms with Gasteiger partial charge in [0.2, 0.25) is 0 Å². The van der Waals surface area contributed by atoms with Crippen molar-refractivity contribution in [1.29, 1.82) is 0 Å². The Labute approximate surface area is 142 Å². The largest absolute Gasteiger partial charge is 0.353 e. The highest BCUT2D eigenvalue weighted by molar-refractivity contribution is 6.30. The number of carbonyl (C=O) groups is 1. The van der Waals surface area contributed by atoms with Gasteiger partial charge in [-0.05, 0) is 49.2 Å². The van der Waals surface area contributed by atoms with Crippen LogP contribution in [0.25, 0.3) is 0 Å². The van der Waals surface area contributed by atoms with E-state index in [2.05, 4.69) is 22.0 Å². The second-order valence-electron chi connectivity index (χ2n) is 6.28. The molecule has 0 spiro atoms. The summed E-state index contributed by atoms with van der Waals surface area (Å²) in [4.78, 5) is 19.3. The number of nitrogens with one attached hydrogen (secondary N) is 1. The van der Waals surface area contributed by atoms with E-state index in [0.29, 0.717) is 11.7 Å². The zero-order valence-corrected chi connectivity index (χ0v) is 14.3. The fourth-order valence-corrected chi connectivity index (χ4v) is 3.42. The third-order valence-corrected chi connectivity index (χ3v) is 4.59. The molecule has 122 valence electrons. The van der Waals surface area contributed by atoms with Gasteiger partial charge < -0.3 is 9.88 Å². The second-order valence-corrected chi connectivity index (χ2v) is 6.72. The lowest BCUT2D eigenvalue weighted by atomic mass is 10.0. The van der Waals surface area contributed by atoms with Crippen LogP contribution in [0.3, 0.4) is 0 Å². The van der Waals surface area contributed by atoms with Gasteiger partial charge in [0.25, 0.3) is 5.91 Å². The zero-order valence-electron chi connectivity index (χ0n) is 13.6. The van der Waals surface area contributed by atoms with E-state index in [4.69, 9.17) is 11.6 Å². The van der Waals surface area contributed by atoms with Crippen LogP contribution in [0.4, 0.5) is 0 Å². The highest BCUT2D eigenvalue weighted by atomic mass is 35.5. The highest BCUT2D eigenvalue weighted by Crippen LogP contribution is 2.34. The average Bonchev–Trinajstić information content (AvgIpc) is 3.16. The van der Waals surface area contributed by atoms with E-state index in [9.17, 15) is 4.79 Å². The third-order valence-electron chi connectivity index (χ3n) is 4.35. The molecule has 1 N–H and O–H groups in total. The maximum atomic E-state index is 12.0. The van der Waals surface area contributed by atoms with Crippen molar-refractivity contribution in [2.24, 2.45) is 0 Å². The van der Waals surface area contributed by atoms with E-state index in [1.165, 1.54) is 12.0 Å². The molecule has 1 aromatic heterocycles. The van der Waals surface area contributed by atoms with E-state index in [-0.39, 0.29) is 5.91 Å². The van der Waals surface area contributed by atoms with Gasteiger partial charge in [-0.25, -0.2) is 0 Å². The van der Waals surface area contributed by atoms with E-state index in [0.717, 1.165) is 30.2 Å². The number of carbonyl (C=O) groups excluding carboxylic acids is 1. The van der Waals surface area contributed by atoms with Crippen LogP contribution in [-0.4, -0.2) is 41.3 Å². The molecule has 1 aromatic carbocycles.